The van der Waals surface area contributed by atoms with E-state index in [1.807, 2.05) is 24.9 Å². The lowest BCUT2D eigenvalue weighted by Gasteiger charge is -2.06. The van der Waals surface area contributed by atoms with Gasteiger partial charge in [-0.3, -0.25) is 9.36 Å². The van der Waals surface area contributed by atoms with Crippen LogP contribution >= 0.6 is 11.6 Å². The van der Waals surface area contributed by atoms with E-state index in [4.69, 9.17) is 11.6 Å². The van der Waals surface area contributed by atoms with Crippen molar-refractivity contribution in [1.82, 2.24) is 24.9 Å². The van der Waals surface area contributed by atoms with Gasteiger partial charge in [0.05, 0.1) is 18.4 Å². The zero-order valence-electron chi connectivity index (χ0n) is 11.9. The lowest BCUT2D eigenvalue weighted by Crippen LogP contribution is -2.12. The van der Waals surface area contributed by atoms with Gasteiger partial charge in [-0.2, -0.15) is 10.2 Å². The van der Waals surface area contributed by atoms with Crippen LogP contribution in [-0.4, -0.2) is 26.1 Å². The van der Waals surface area contributed by atoms with E-state index in [2.05, 4.69) is 29.4 Å². The first-order chi connectivity index (χ1) is 9.04. The molecule has 6 heteroatoms. The summed E-state index contributed by atoms with van der Waals surface area (Å²) < 4.78 is 3.67. The van der Waals surface area contributed by atoms with Gasteiger partial charge < -0.3 is 5.32 Å². The zero-order chi connectivity index (χ0) is 14.0. The highest BCUT2D eigenvalue weighted by Gasteiger charge is 2.14. The molecule has 0 spiro atoms. The summed E-state index contributed by atoms with van der Waals surface area (Å²) in [4.78, 5) is 0. The summed E-state index contributed by atoms with van der Waals surface area (Å²) in [6, 6.07) is 0. The number of halogens is 1. The van der Waals surface area contributed by atoms with Crippen molar-refractivity contribution in [2.75, 3.05) is 6.54 Å². The van der Waals surface area contributed by atoms with Crippen LogP contribution in [-0.2, 0) is 20.1 Å². The van der Waals surface area contributed by atoms with Gasteiger partial charge in [0.25, 0.3) is 0 Å². The van der Waals surface area contributed by atoms with Crippen LogP contribution in [0.4, 0.5) is 0 Å². The lowest BCUT2D eigenvalue weighted by molar-refractivity contribution is 0.656. The van der Waals surface area contributed by atoms with Crippen molar-refractivity contribution in [1.29, 1.82) is 0 Å². The number of nitrogens with zero attached hydrogens (tertiary/aromatic N) is 4. The fourth-order valence-corrected chi connectivity index (χ4v) is 2.32. The molecule has 1 N–H and O–H groups in total. The van der Waals surface area contributed by atoms with Gasteiger partial charge >= 0.3 is 0 Å². The molecule has 0 atom stereocenters. The number of aromatic nitrogens is 4. The normalized spacial score (nSPS) is 11.2. The van der Waals surface area contributed by atoms with Crippen LogP contribution in [0, 0.1) is 13.8 Å². The molecule has 0 bridgehead atoms. The third-order valence-corrected chi connectivity index (χ3v) is 3.82. The fraction of sp³-hybridized carbons (Fsp3) is 0.538. The summed E-state index contributed by atoms with van der Waals surface area (Å²) in [7, 11) is 1.85. The highest BCUT2D eigenvalue weighted by molar-refractivity contribution is 6.30. The van der Waals surface area contributed by atoms with Crippen LogP contribution in [0.2, 0.25) is 5.15 Å². The monoisotopic (exact) mass is 281 g/mol. The molecule has 0 saturated carbocycles. The number of rotatable bonds is 5. The Balaban J connectivity index is 2.22. The molecule has 0 aliphatic heterocycles. The molecule has 0 amide bonds. The van der Waals surface area contributed by atoms with Crippen LogP contribution in [0.25, 0.3) is 0 Å². The van der Waals surface area contributed by atoms with Crippen molar-refractivity contribution in [3.8, 4) is 0 Å². The highest BCUT2D eigenvalue weighted by Crippen LogP contribution is 2.20. The highest BCUT2D eigenvalue weighted by atomic mass is 35.5. The number of aryl methyl sites for hydroxylation is 2. The molecule has 2 rings (SSSR count). The van der Waals surface area contributed by atoms with Crippen molar-refractivity contribution < 1.29 is 0 Å². The van der Waals surface area contributed by atoms with E-state index in [0.29, 0.717) is 11.7 Å². The van der Waals surface area contributed by atoms with Crippen LogP contribution in [0.3, 0.4) is 0 Å². The Kier molecular flexibility index (Phi) is 4.27. The standard InChI is InChI=1S/C13H20ClN5/c1-5-15-6-11-7-16-19(10(11)3)8-12-9(2)17-18(4)13(12)14/h7,15H,5-6,8H2,1-4H3. The molecule has 0 saturated heterocycles. The quantitative estimate of drug-likeness (QED) is 0.912. The molecule has 104 valence electrons. The lowest BCUT2D eigenvalue weighted by atomic mass is 10.2. The Morgan fingerprint density at radius 1 is 1.37 bits per heavy atom. The second-order valence-electron chi connectivity index (χ2n) is 4.67. The molecule has 0 aliphatic rings. The van der Waals surface area contributed by atoms with E-state index in [0.717, 1.165) is 24.3 Å². The van der Waals surface area contributed by atoms with Gasteiger partial charge in [-0.15, -0.1) is 0 Å². The molecule has 2 heterocycles. The number of nitrogens with one attached hydrogen (secondary N) is 1. The van der Waals surface area contributed by atoms with Crippen LogP contribution in [0.15, 0.2) is 6.20 Å². The first kappa shape index (κ1) is 14.1. The van der Waals surface area contributed by atoms with E-state index in [9.17, 15) is 0 Å². The van der Waals surface area contributed by atoms with E-state index in [-0.39, 0.29) is 0 Å². The minimum absolute atomic E-state index is 0.663. The Morgan fingerprint density at radius 2 is 2.11 bits per heavy atom. The first-order valence-corrected chi connectivity index (χ1v) is 6.82. The van der Waals surface area contributed by atoms with E-state index in [1.165, 1.54) is 11.3 Å². The molecule has 0 fully saturated rings. The molecule has 2 aromatic heterocycles. The van der Waals surface area contributed by atoms with Gasteiger partial charge in [-0.1, -0.05) is 18.5 Å². The molecule has 0 unspecified atom stereocenters. The van der Waals surface area contributed by atoms with Crippen molar-refractivity contribution >= 4 is 11.6 Å². The van der Waals surface area contributed by atoms with Crippen molar-refractivity contribution in [3.05, 3.63) is 33.9 Å². The van der Waals surface area contributed by atoms with E-state index in [1.54, 1.807) is 4.68 Å². The largest absolute Gasteiger partial charge is 0.313 e. The summed E-state index contributed by atoms with van der Waals surface area (Å²) >= 11 is 6.25. The molecule has 5 nitrogen and oxygen atoms in total. The maximum Gasteiger partial charge on any atom is 0.132 e. The second-order valence-corrected chi connectivity index (χ2v) is 5.03. The Hall–Kier alpha value is -1.33. The molecule has 0 radical (unpaired) electrons. The SMILES string of the molecule is CCNCc1cnn(Cc2c(C)nn(C)c2Cl)c1C. The molecular weight excluding hydrogens is 262 g/mol. The van der Waals surface area contributed by atoms with Crippen LogP contribution in [0.1, 0.15) is 29.4 Å². The van der Waals surface area contributed by atoms with Gasteiger partial charge in [0.1, 0.15) is 5.15 Å². The molecular formula is C13H20ClN5. The molecule has 0 aromatic carbocycles. The number of hydrogen-bond acceptors (Lipinski definition) is 3. The topological polar surface area (TPSA) is 47.7 Å². The average molecular weight is 282 g/mol. The minimum atomic E-state index is 0.663. The maximum absolute atomic E-state index is 6.25. The van der Waals surface area contributed by atoms with Crippen LogP contribution < -0.4 is 5.32 Å². The maximum atomic E-state index is 6.25. The van der Waals surface area contributed by atoms with Gasteiger partial charge in [0.15, 0.2) is 0 Å². The fourth-order valence-electron chi connectivity index (χ4n) is 2.08. The molecule has 19 heavy (non-hydrogen) atoms. The zero-order valence-corrected chi connectivity index (χ0v) is 12.6. The first-order valence-electron chi connectivity index (χ1n) is 6.44. The minimum Gasteiger partial charge on any atom is -0.313 e. The summed E-state index contributed by atoms with van der Waals surface area (Å²) in [5.41, 5.74) is 4.38. The van der Waals surface area contributed by atoms with E-state index >= 15 is 0 Å². The Labute approximate surface area is 118 Å². The third-order valence-electron chi connectivity index (χ3n) is 3.35. The van der Waals surface area contributed by atoms with Crippen molar-refractivity contribution in [3.63, 3.8) is 0 Å². The predicted octanol–water partition coefficient (Wildman–Crippen LogP) is 2.04. The molecule has 0 aliphatic carbocycles. The van der Waals surface area contributed by atoms with Gasteiger partial charge in [-0.05, 0) is 20.4 Å². The van der Waals surface area contributed by atoms with Crippen molar-refractivity contribution in [2.24, 2.45) is 7.05 Å². The van der Waals surface area contributed by atoms with Crippen LogP contribution in [0.5, 0.6) is 0 Å². The summed E-state index contributed by atoms with van der Waals surface area (Å²) in [6.07, 6.45) is 1.91. The summed E-state index contributed by atoms with van der Waals surface area (Å²) in [6.45, 7) is 8.62. The number of hydrogen-bond donors (Lipinski definition) is 1. The van der Waals surface area contributed by atoms with Gasteiger partial charge in [-0.25, -0.2) is 0 Å². The Morgan fingerprint density at radius 3 is 2.68 bits per heavy atom. The second kappa shape index (κ2) is 5.75. The van der Waals surface area contributed by atoms with E-state index < -0.39 is 0 Å². The predicted molar refractivity (Wildman–Crippen MR) is 76.4 cm³/mol. The third kappa shape index (κ3) is 2.82. The summed E-state index contributed by atoms with van der Waals surface area (Å²) in [5, 5.41) is 12.8. The van der Waals surface area contributed by atoms with Gasteiger partial charge in [0, 0.05) is 30.4 Å². The summed E-state index contributed by atoms with van der Waals surface area (Å²) in [5.74, 6) is 0. The smallest absolute Gasteiger partial charge is 0.132 e. The average Bonchev–Trinajstić information content (AvgIpc) is 2.83. The van der Waals surface area contributed by atoms with Crippen molar-refractivity contribution in [2.45, 2.75) is 33.9 Å². The van der Waals surface area contributed by atoms with Gasteiger partial charge in [0.2, 0.25) is 0 Å². The molecule has 2 aromatic rings. The Bertz CT molecular complexity index is 570.